The maximum Gasteiger partial charge on any atom is 0.251 e. The van der Waals surface area contributed by atoms with Gasteiger partial charge in [0.1, 0.15) is 0 Å². The van der Waals surface area contributed by atoms with Crippen molar-refractivity contribution < 1.29 is 13.2 Å². The Labute approximate surface area is 138 Å². The van der Waals surface area contributed by atoms with Gasteiger partial charge in [0.25, 0.3) is 5.91 Å². The summed E-state index contributed by atoms with van der Waals surface area (Å²) in [6.07, 6.45) is 1.03. The van der Waals surface area contributed by atoms with Crippen LogP contribution in [0.1, 0.15) is 34.8 Å². The second kappa shape index (κ2) is 9.09. The molecule has 0 atom stereocenters. The number of primary sulfonamides is 1. The molecule has 0 unspecified atom stereocenters. The van der Waals surface area contributed by atoms with Gasteiger partial charge in [0, 0.05) is 18.7 Å². The van der Waals surface area contributed by atoms with E-state index in [2.05, 4.69) is 17.6 Å². The quantitative estimate of drug-likeness (QED) is 0.641. The molecule has 0 aliphatic heterocycles. The number of hydrogen-bond acceptors (Lipinski definition) is 4. The summed E-state index contributed by atoms with van der Waals surface area (Å²) in [6, 6.07) is 2.99. The van der Waals surface area contributed by atoms with E-state index in [1.165, 1.54) is 6.07 Å². The first-order chi connectivity index (χ1) is 9.77. The van der Waals surface area contributed by atoms with E-state index in [0.29, 0.717) is 24.2 Å². The lowest BCUT2D eigenvalue weighted by Crippen LogP contribution is -2.32. The van der Waals surface area contributed by atoms with Crippen molar-refractivity contribution in [1.82, 2.24) is 10.6 Å². The van der Waals surface area contributed by atoms with Gasteiger partial charge in [-0.3, -0.25) is 4.79 Å². The second-order valence-corrected chi connectivity index (χ2v) is 6.50. The fraction of sp³-hybridized carbons (Fsp3) is 0.500. The predicted molar refractivity (Wildman–Crippen MR) is 90.0 cm³/mol. The molecular formula is C14H24ClN3O3S. The zero-order valence-corrected chi connectivity index (χ0v) is 14.7. The molecule has 0 aromatic heterocycles. The number of sulfonamides is 1. The lowest BCUT2D eigenvalue weighted by Gasteiger charge is -2.11. The number of carbonyl (C=O) groups is 1. The van der Waals surface area contributed by atoms with Gasteiger partial charge in [-0.05, 0) is 50.1 Å². The van der Waals surface area contributed by atoms with Gasteiger partial charge in [0.15, 0.2) is 0 Å². The molecule has 4 N–H and O–H groups in total. The highest BCUT2D eigenvalue weighted by Gasteiger charge is 2.17. The topological polar surface area (TPSA) is 101 Å². The molecule has 0 aliphatic carbocycles. The number of halogens is 1. The summed E-state index contributed by atoms with van der Waals surface area (Å²) in [5.41, 5.74) is 1.59. The van der Waals surface area contributed by atoms with E-state index < -0.39 is 10.0 Å². The largest absolute Gasteiger partial charge is 0.351 e. The Morgan fingerprint density at radius 3 is 2.36 bits per heavy atom. The third kappa shape index (κ3) is 5.92. The van der Waals surface area contributed by atoms with Gasteiger partial charge in [-0.1, -0.05) is 6.92 Å². The normalized spacial score (nSPS) is 10.9. The van der Waals surface area contributed by atoms with Gasteiger partial charge in [0.05, 0.1) is 4.90 Å². The van der Waals surface area contributed by atoms with Crippen molar-refractivity contribution in [2.45, 2.75) is 32.1 Å². The van der Waals surface area contributed by atoms with E-state index in [4.69, 9.17) is 5.14 Å². The molecule has 0 heterocycles. The Morgan fingerprint density at radius 2 is 1.82 bits per heavy atom. The number of hydrogen-bond donors (Lipinski definition) is 3. The van der Waals surface area contributed by atoms with Crippen LogP contribution in [-0.4, -0.2) is 34.0 Å². The lowest BCUT2D eigenvalue weighted by molar-refractivity contribution is 0.0953. The van der Waals surface area contributed by atoms with E-state index in [-0.39, 0.29) is 23.2 Å². The standard InChI is InChI=1S/C14H23N3O3S.ClH/c1-4-5-16-6-7-17-14(18)12-8-10(2)11(3)13(9-12)21(15,19)20;/h8-9,16H,4-7H2,1-3H3,(H,17,18)(H2,15,19,20);1H. The van der Waals surface area contributed by atoms with Crippen molar-refractivity contribution in [3.05, 3.63) is 28.8 Å². The number of rotatable bonds is 7. The van der Waals surface area contributed by atoms with Crippen molar-refractivity contribution in [2.24, 2.45) is 5.14 Å². The number of nitrogens with two attached hydrogens (primary N) is 1. The third-order valence-corrected chi connectivity index (χ3v) is 4.24. The van der Waals surface area contributed by atoms with Gasteiger partial charge >= 0.3 is 0 Å². The van der Waals surface area contributed by atoms with Crippen LogP contribution in [0.5, 0.6) is 0 Å². The van der Waals surface area contributed by atoms with Gasteiger partial charge < -0.3 is 10.6 Å². The van der Waals surface area contributed by atoms with Crippen molar-refractivity contribution in [3.8, 4) is 0 Å². The molecule has 0 fully saturated rings. The molecule has 22 heavy (non-hydrogen) atoms. The van der Waals surface area contributed by atoms with E-state index in [9.17, 15) is 13.2 Å². The molecule has 6 nitrogen and oxygen atoms in total. The minimum absolute atomic E-state index is 0. The molecule has 0 radical (unpaired) electrons. The van der Waals surface area contributed by atoms with Crippen LogP contribution in [0.25, 0.3) is 0 Å². The summed E-state index contributed by atoms with van der Waals surface area (Å²) < 4.78 is 23.1. The Morgan fingerprint density at radius 1 is 1.18 bits per heavy atom. The van der Waals surface area contributed by atoms with E-state index in [0.717, 1.165) is 18.5 Å². The Bertz CT molecular complexity index is 618. The van der Waals surface area contributed by atoms with Crippen molar-refractivity contribution >= 4 is 28.3 Å². The predicted octanol–water partition coefficient (Wildman–Crippen LogP) is 1.10. The number of aryl methyl sites for hydroxylation is 1. The molecule has 0 spiro atoms. The van der Waals surface area contributed by atoms with Crippen molar-refractivity contribution in [1.29, 1.82) is 0 Å². The Kier molecular flexibility index (Phi) is 8.62. The fourth-order valence-corrected chi connectivity index (χ4v) is 2.80. The summed E-state index contributed by atoms with van der Waals surface area (Å²) in [5, 5.41) is 11.1. The molecule has 0 saturated heterocycles. The molecule has 0 aliphatic rings. The molecule has 0 saturated carbocycles. The zero-order chi connectivity index (χ0) is 16.0. The first kappa shape index (κ1) is 20.9. The maximum absolute atomic E-state index is 12.0. The van der Waals surface area contributed by atoms with Gasteiger partial charge in [-0.2, -0.15) is 0 Å². The summed E-state index contributed by atoms with van der Waals surface area (Å²) >= 11 is 0. The lowest BCUT2D eigenvalue weighted by atomic mass is 10.1. The molecule has 1 aromatic rings. The molecule has 1 amide bonds. The number of carbonyl (C=O) groups excluding carboxylic acids is 1. The van der Waals surface area contributed by atoms with Gasteiger partial charge in [-0.25, -0.2) is 13.6 Å². The molecule has 126 valence electrons. The van der Waals surface area contributed by atoms with Crippen LogP contribution in [0, 0.1) is 13.8 Å². The minimum Gasteiger partial charge on any atom is -0.351 e. The monoisotopic (exact) mass is 349 g/mol. The van der Waals surface area contributed by atoms with Crippen LogP contribution in [0.4, 0.5) is 0 Å². The molecule has 1 rings (SSSR count). The van der Waals surface area contributed by atoms with Crippen molar-refractivity contribution in [2.75, 3.05) is 19.6 Å². The van der Waals surface area contributed by atoms with Crippen molar-refractivity contribution in [3.63, 3.8) is 0 Å². The highest BCUT2D eigenvalue weighted by Crippen LogP contribution is 2.19. The van der Waals surface area contributed by atoms with Crippen LogP contribution >= 0.6 is 12.4 Å². The van der Waals surface area contributed by atoms with E-state index in [1.807, 2.05) is 0 Å². The number of nitrogens with one attached hydrogen (secondary N) is 2. The van der Waals surface area contributed by atoms with Crippen LogP contribution in [-0.2, 0) is 10.0 Å². The third-order valence-electron chi connectivity index (χ3n) is 3.20. The first-order valence-electron chi connectivity index (χ1n) is 6.90. The van der Waals surface area contributed by atoms with Crippen LogP contribution in [0.15, 0.2) is 17.0 Å². The molecule has 1 aromatic carbocycles. The van der Waals surface area contributed by atoms with Crippen LogP contribution < -0.4 is 15.8 Å². The molecular weight excluding hydrogens is 326 g/mol. The highest BCUT2D eigenvalue weighted by atomic mass is 35.5. The van der Waals surface area contributed by atoms with Crippen LogP contribution in [0.3, 0.4) is 0 Å². The molecule has 8 heteroatoms. The SMILES string of the molecule is CCCNCCNC(=O)c1cc(C)c(C)c(S(N)(=O)=O)c1.Cl. The van der Waals surface area contributed by atoms with Gasteiger partial charge in [0.2, 0.25) is 10.0 Å². The summed E-state index contributed by atoms with van der Waals surface area (Å²) in [5.74, 6) is -0.304. The average molecular weight is 350 g/mol. The highest BCUT2D eigenvalue weighted by molar-refractivity contribution is 7.89. The van der Waals surface area contributed by atoms with E-state index in [1.54, 1.807) is 19.9 Å². The summed E-state index contributed by atoms with van der Waals surface area (Å²) in [4.78, 5) is 12.0. The molecule has 0 bridgehead atoms. The van der Waals surface area contributed by atoms with Crippen LogP contribution in [0.2, 0.25) is 0 Å². The second-order valence-electron chi connectivity index (χ2n) is 4.97. The maximum atomic E-state index is 12.0. The summed E-state index contributed by atoms with van der Waals surface area (Å²) in [6.45, 7) is 7.54. The number of amides is 1. The first-order valence-corrected chi connectivity index (χ1v) is 8.45. The smallest absolute Gasteiger partial charge is 0.251 e. The summed E-state index contributed by atoms with van der Waals surface area (Å²) in [7, 11) is -3.84. The minimum atomic E-state index is -3.84. The zero-order valence-electron chi connectivity index (χ0n) is 13.1. The Balaban J connectivity index is 0.00000441. The van der Waals surface area contributed by atoms with E-state index >= 15 is 0 Å². The average Bonchev–Trinajstić information content (AvgIpc) is 2.39. The van der Waals surface area contributed by atoms with Gasteiger partial charge in [-0.15, -0.1) is 12.4 Å². The Hall–Kier alpha value is -1.15. The number of benzene rings is 1. The fourth-order valence-electron chi connectivity index (χ4n) is 1.92.